The highest BCUT2D eigenvalue weighted by Gasteiger charge is 2.37. The van der Waals surface area contributed by atoms with E-state index in [1.165, 1.54) is 0 Å². The molecule has 2 N–H and O–H groups in total. The van der Waals surface area contributed by atoms with E-state index in [1.807, 2.05) is 0 Å². The van der Waals surface area contributed by atoms with Crippen molar-refractivity contribution in [3.05, 3.63) is 35.9 Å². The third-order valence-electron chi connectivity index (χ3n) is 2.94. The van der Waals surface area contributed by atoms with Crippen molar-refractivity contribution in [2.75, 3.05) is 0 Å². The van der Waals surface area contributed by atoms with E-state index < -0.39 is 30.6 Å². The highest BCUT2D eigenvalue weighted by Crippen LogP contribution is 2.22. The smallest absolute Gasteiger partial charge is 0.338 e. The Bertz CT molecular complexity index is 405. The highest BCUT2D eigenvalue weighted by molar-refractivity contribution is 5.89. The number of benzene rings is 1. The van der Waals surface area contributed by atoms with E-state index >= 15 is 0 Å². The zero-order chi connectivity index (χ0) is 13.1. The minimum Gasteiger partial charge on any atom is -0.456 e. The molecule has 4 atom stereocenters. The summed E-state index contributed by atoms with van der Waals surface area (Å²) in [5.74, 6) is -0.513. The average Bonchev–Trinajstić information content (AvgIpc) is 2.36. The van der Waals surface area contributed by atoms with Crippen LogP contribution in [0.4, 0.5) is 0 Å². The molecule has 1 heterocycles. The molecule has 1 aliphatic heterocycles. The lowest BCUT2D eigenvalue weighted by molar-refractivity contribution is -0.226. The van der Waals surface area contributed by atoms with Crippen molar-refractivity contribution in [3.8, 4) is 0 Å². The van der Waals surface area contributed by atoms with Gasteiger partial charge in [-0.05, 0) is 19.1 Å². The maximum atomic E-state index is 11.8. The fourth-order valence-corrected chi connectivity index (χ4v) is 1.92. The van der Waals surface area contributed by atoms with Crippen LogP contribution in [0.5, 0.6) is 0 Å². The van der Waals surface area contributed by atoms with E-state index in [4.69, 9.17) is 9.47 Å². The van der Waals surface area contributed by atoms with E-state index in [1.54, 1.807) is 37.3 Å². The fourth-order valence-electron chi connectivity index (χ4n) is 1.92. The Morgan fingerprint density at radius 2 is 2.00 bits per heavy atom. The molecule has 2 rings (SSSR count). The molecule has 0 saturated carbocycles. The van der Waals surface area contributed by atoms with Crippen LogP contribution in [0.15, 0.2) is 30.3 Å². The van der Waals surface area contributed by atoms with Crippen LogP contribution in [-0.2, 0) is 9.47 Å². The number of aliphatic hydroxyl groups is 2. The summed E-state index contributed by atoms with van der Waals surface area (Å²) in [6.45, 7) is 1.62. The van der Waals surface area contributed by atoms with E-state index in [9.17, 15) is 15.0 Å². The average molecular weight is 252 g/mol. The van der Waals surface area contributed by atoms with Gasteiger partial charge in [-0.1, -0.05) is 18.2 Å². The van der Waals surface area contributed by atoms with Crippen molar-refractivity contribution in [2.45, 2.75) is 37.9 Å². The van der Waals surface area contributed by atoms with E-state index in [2.05, 4.69) is 0 Å². The quantitative estimate of drug-likeness (QED) is 0.758. The van der Waals surface area contributed by atoms with Gasteiger partial charge < -0.3 is 19.7 Å². The summed E-state index contributed by atoms with van der Waals surface area (Å²) in [6, 6.07) is 8.52. The number of hydrogen-bond acceptors (Lipinski definition) is 5. The van der Waals surface area contributed by atoms with Gasteiger partial charge >= 0.3 is 5.97 Å². The molecule has 0 aromatic heterocycles. The monoisotopic (exact) mass is 252 g/mol. The fraction of sp³-hybridized carbons (Fsp3) is 0.462. The third kappa shape index (κ3) is 2.87. The van der Waals surface area contributed by atoms with Crippen LogP contribution in [0.2, 0.25) is 0 Å². The van der Waals surface area contributed by atoms with Crippen molar-refractivity contribution in [2.24, 2.45) is 0 Å². The van der Waals surface area contributed by atoms with Gasteiger partial charge in [0.1, 0.15) is 12.2 Å². The minimum absolute atomic E-state index is 0.0735. The largest absolute Gasteiger partial charge is 0.456 e. The van der Waals surface area contributed by atoms with Crippen LogP contribution >= 0.6 is 0 Å². The number of esters is 1. The Balaban J connectivity index is 2.02. The topological polar surface area (TPSA) is 76.0 Å². The van der Waals surface area contributed by atoms with Gasteiger partial charge in [-0.15, -0.1) is 0 Å². The van der Waals surface area contributed by atoms with Crippen LogP contribution in [-0.4, -0.2) is 40.8 Å². The SMILES string of the molecule is C[C@@H]1O[C@@H](O)C[C@H](OC(=O)c2ccccc2)[C@H]1O. The maximum absolute atomic E-state index is 11.8. The Morgan fingerprint density at radius 1 is 1.33 bits per heavy atom. The Morgan fingerprint density at radius 3 is 2.67 bits per heavy atom. The first-order valence-corrected chi connectivity index (χ1v) is 5.85. The third-order valence-corrected chi connectivity index (χ3v) is 2.94. The van der Waals surface area contributed by atoms with Crippen LogP contribution in [0.3, 0.4) is 0 Å². The molecule has 5 nitrogen and oxygen atoms in total. The van der Waals surface area contributed by atoms with Crippen molar-refractivity contribution < 1.29 is 24.5 Å². The predicted molar refractivity (Wildman–Crippen MR) is 62.8 cm³/mol. The molecule has 0 bridgehead atoms. The standard InChI is InChI=1S/C13H16O5/c1-8-12(15)10(7-11(14)17-8)18-13(16)9-5-3-2-4-6-9/h2-6,8,10-12,14-15H,7H2,1H3/t8-,10-,11+,12-/m0/s1. The first-order chi connectivity index (χ1) is 8.58. The van der Waals surface area contributed by atoms with Crippen molar-refractivity contribution in [3.63, 3.8) is 0 Å². The molecule has 0 unspecified atom stereocenters. The van der Waals surface area contributed by atoms with E-state index in [0.29, 0.717) is 5.56 Å². The van der Waals surface area contributed by atoms with Gasteiger partial charge in [0.25, 0.3) is 0 Å². The van der Waals surface area contributed by atoms with Crippen LogP contribution < -0.4 is 0 Å². The van der Waals surface area contributed by atoms with Gasteiger partial charge in [0, 0.05) is 6.42 Å². The Hall–Kier alpha value is -1.43. The first-order valence-electron chi connectivity index (χ1n) is 5.85. The second-order valence-electron chi connectivity index (χ2n) is 4.33. The van der Waals surface area contributed by atoms with Crippen LogP contribution in [0.1, 0.15) is 23.7 Å². The summed E-state index contributed by atoms with van der Waals surface area (Å²) in [6.07, 6.45) is -3.19. The molecule has 1 aromatic rings. The summed E-state index contributed by atoms with van der Waals surface area (Å²) in [4.78, 5) is 11.8. The van der Waals surface area contributed by atoms with Gasteiger partial charge in [-0.25, -0.2) is 4.79 Å². The zero-order valence-corrected chi connectivity index (χ0v) is 10.0. The lowest BCUT2D eigenvalue weighted by Crippen LogP contribution is -2.48. The number of hydrogen-bond donors (Lipinski definition) is 2. The molecule has 98 valence electrons. The lowest BCUT2D eigenvalue weighted by atomic mass is 10.0. The molecule has 0 radical (unpaired) electrons. The normalized spacial score (nSPS) is 31.9. The summed E-state index contributed by atoms with van der Waals surface area (Å²) in [7, 11) is 0. The van der Waals surface area contributed by atoms with E-state index in [0.717, 1.165) is 0 Å². The first kappa shape index (κ1) is 13.0. The molecule has 0 spiro atoms. The molecular weight excluding hydrogens is 236 g/mol. The zero-order valence-electron chi connectivity index (χ0n) is 10.0. The predicted octanol–water partition coefficient (Wildman–Crippen LogP) is 0.700. The van der Waals surface area contributed by atoms with Gasteiger partial charge in [-0.2, -0.15) is 0 Å². The maximum Gasteiger partial charge on any atom is 0.338 e. The molecule has 1 aliphatic rings. The summed E-state index contributed by atoms with van der Waals surface area (Å²) in [5, 5.41) is 19.3. The van der Waals surface area contributed by atoms with Crippen LogP contribution in [0.25, 0.3) is 0 Å². The highest BCUT2D eigenvalue weighted by atomic mass is 16.6. The Kier molecular flexibility index (Phi) is 3.96. The molecule has 1 fully saturated rings. The molecule has 18 heavy (non-hydrogen) atoms. The van der Waals surface area contributed by atoms with E-state index in [-0.39, 0.29) is 6.42 Å². The number of rotatable bonds is 2. The van der Waals surface area contributed by atoms with Gasteiger partial charge in [-0.3, -0.25) is 0 Å². The molecule has 5 heteroatoms. The van der Waals surface area contributed by atoms with Crippen molar-refractivity contribution in [1.82, 2.24) is 0 Å². The lowest BCUT2D eigenvalue weighted by Gasteiger charge is -2.35. The summed E-state index contributed by atoms with van der Waals surface area (Å²) < 4.78 is 10.2. The second-order valence-corrected chi connectivity index (χ2v) is 4.33. The Labute approximate surface area is 105 Å². The van der Waals surface area contributed by atoms with Crippen LogP contribution in [0, 0.1) is 0 Å². The van der Waals surface area contributed by atoms with Gasteiger partial charge in [0.2, 0.25) is 0 Å². The summed E-state index contributed by atoms with van der Waals surface area (Å²) >= 11 is 0. The molecular formula is C13H16O5. The van der Waals surface area contributed by atoms with Crippen molar-refractivity contribution >= 4 is 5.97 Å². The second kappa shape index (κ2) is 5.48. The minimum atomic E-state index is -1.02. The number of carbonyl (C=O) groups is 1. The van der Waals surface area contributed by atoms with Gasteiger partial charge in [0.05, 0.1) is 11.7 Å². The number of ether oxygens (including phenoxy) is 2. The molecule has 0 amide bonds. The molecule has 1 saturated heterocycles. The van der Waals surface area contributed by atoms with Crippen molar-refractivity contribution in [1.29, 1.82) is 0 Å². The molecule has 0 aliphatic carbocycles. The molecule has 1 aromatic carbocycles. The number of carbonyl (C=O) groups excluding carboxylic acids is 1. The number of aliphatic hydroxyl groups excluding tert-OH is 2. The summed E-state index contributed by atoms with van der Waals surface area (Å²) in [5.41, 5.74) is 0.415. The van der Waals surface area contributed by atoms with Gasteiger partial charge in [0.15, 0.2) is 6.29 Å².